The molecule has 1 N–H and O–H groups in total. The Labute approximate surface area is 115 Å². The average Bonchev–Trinajstić information content (AvgIpc) is 3.00. The predicted molar refractivity (Wildman–Crippen MR) is 72.7 cm³/mol. The standard InChI is InChI=1S/C15H25NO3/c1-16(11-12-6-2-3-7-12)13(17)10-15(14(18)19)8-4-5-9-15/h12H,2-11H2,1H3,(H,18,19). The number of amides is 1. The lowest BCUT2D eigenvalue weighted by molar-refractivity contribution is -0.153. The molecule has 1 amide bonds. The van der Waals surface area contributed by atoms with Crippen LogP contribution in [0.15, 0.2) is 0 Å². The summed E-state index contributed by atoms with van der Waals surface area (Å²) >= 11 is 0. The summed E-state index contributed by atoms with van der Waals surface area (Å²) in [5, 5.41) is 9.41. The summed E-state index contributed by atoms with van der Waals surface area (Å²) < 4.78 is 0. The van der Waals surface area contributed by atoms with Crippen molar-refractivity contribution in [3.05, 3.63) is 0 Å². The third-order valence-corrected chi connectivity index (χ3v) is 4.94. The first-order chi connectivity index (χ1) is 9.03. The first kappa shape index (κ1) is 14.4. The molecule has 0 aromatic rings. The van der Waals surface area contributed by atoms with Crippen molar-refractivity contribution in [2.45, 2.75) is 57.8 Å². The zero-order chi connectivity index (χ0) is 13.9. The highest BCUT2D eigenvalue weighted by molar-refractivity contribution is 5.85. The first-order valence-electron chi connectivity index (χ1n) is 7.51. The Kier molecular flexibility index (Phi) is 4.48. The van der Waals surface area contributed by atoms with E-state index < -0.39 is 11.4 Å². The smallest absolute Gasteiger partial charge is 0.310 e. The third kappa shape index (κ3) is 3.28. The highest BCUT2D eigenvalue weighted by atomic mass is 16.4. The summed E-state index contributed by atoms with van der Waals surface area (Å²) in [5.74, 6) is -0.151. The van der Waals surface area contributed by atoms with Gasteiger partial charge in [-0.1, -0.05) is 25.7 Å². The monoisotopic (exact) mass is 267 g/mol. The highest BCUT2D eigenvalue weighted by Crippen LogP contribution is 2.41. The van der Waals surface area contributed by atoms with Crippen molar-refractivity contribution in [1.82, 2.24) is 4.90 Å². The molecule has 0 aliphatic heterocycles. The van der Waals surface area contributed by atoms with Crippen LogP contribution in [0.25, 0.3) is 0 Å². The van der Waals surface area contributed by atoms with Gasteiger partial charge >= 0.3 is 5.97 Å². The second-order valence-corrected chi connectivity index (χ2v) is 6.39. The van der Waals surface area contributed by atoms with Crippen LogP contribution >= 0.6 is 0 Å². The van der Waals surface area contributed by atoms with E-state index in [1.807, 2.05) is 7.05 Å². The lowest BCUT2D eigenvalue weighted by Crippen LogP contribution is -2.38. The van der Waals surface area contributed by atoms with Crippen molar-refractivity contribution >= 4 is 11.9 Å². The molecular weight excluding hydrogens is 242 g/mol. The fourth-order valence-electron chi connectivity index (χ4n) is 3.62. The number of carboxylic acids is 1. The maximum Gasteiger partial charge on any atom is 0.310 e. The summed E-state index contributed by atoms with van der Waals surface area (Å²) in [6, 6.07) is 0. The van der Waals surface area contributed by atoms with E-state index in [1.165, 1.54) is 25.7 Å². The van der Waals surface area contributed by atoms with Gasteiger partial charge in [-0.2, -0.15) is 0 Å². The van der Waals surface area contributed by atoms with Crippen LogP contribution in [0.5, 0.6) is 0 Å². The molecule has 0 aromatic heterocycles. The summed E-state index contributed by atoms with van der Waals surface area (Å²) in [4.78, 5) is 25.5. The molecule has 4 heteroatoms. The summed E-state index contributed by atoms with van der Waals surface area (Å²) in [6.07, 6.45) is 8.33. The minimum absolute atomic E-state index is 0.0104. The van der Waals surface area contributed by atoms with Gasteiger partial charge in [0.1, 0.15) is 0 Å². The Bertz CT molecular complexity index is 341. The molecule has 2 saturated carbocycles. The summed E-state index contributed by atoms with van der Waals surface area (Å²) in [5.41, 5.74) is -0.777. The molecule has 0 heterocycles. The molecule has 0 radical (unpaired) electrons. The van der Waals surface area contributed by atoms with Gasteiger partial charge in [0.05, 0.1) is 5.41 Å². The molecule has 0 atom stereocenters. The van der Waals surface area contributed by atoms with E-state index in [1.54, 1.807) is 4.90 Å². The molecule has 19 heavy (non-hydrogen) atoms. The van der Waals surface area contributed by atoms with Gasteiger partial charge in [0.25, 0.3) is 0 Å². The number of carboxylic acid groups (broad SMARTS) is 1. The SMILES string of the molecule is CN(CC1CCCC1)C(=O)CC1(C(=O)O)CCCC1. The van der Waals surface area contributed by atoms with Gasteiger partial charge in [-0.25, -0.2) is 0 Å². The number of nitrogens with zero attached hydrogens (tertiary/aromatic N) is 1. The molecule has 2 aliphatic rings. The number of hydrogen-bond donors (Lipinski definition) is 1. The van der Waals surface area contributed by atoms with Crippen LogP contribution in [0, 0.1) is 11.3 Å². The van der Waals surface area contributed by atoms with Crippen molar-refractivity contribution < 1.29 is 14.7 Å². The van der Waals surface area contributed by atoms with Crippen molar-refractivity contribution in [2.75, 3.05) is 13.6 Å². The van der Waals surface area contributed by atoms with Crippen molar-refractivity contribution in [3.63, 3.8) is 0 Å². The number of hydrogen-bond acceptors (Lipinski definition) is 2. The van der Waals surface area contributed by atoms with Crippen LogP contribution in [-0.4, -0.2) is 35.5 Å². The number of rotatable bonds is 5. The van der Waals surface area contributed by atoms with Crippen molar-refractivity contribution in [3.8, 4) is 0 Å². The lowest BCUT2D eigenvalue weighted by Gasteiger charge is -2.27. The molecule has 0 unspecified atom stereocenters. The molecule has 0 spiro atoms. The molecule has 0 aromatic carbocycles. The van der Waals surface area contributed by atoms with E-state index in [0.29, 0.717) is 18.8 Å². The predicted octanol–water partition coefficient (Wildman–Crippen LogP) is 2.67. The topological polar surface area (TPSA) is 57.6 Å². The summed E-state index contributed by atoms with van der Waals surface area (Å²) in [6.45, 7) is 0.800. The van der Waals surface area contributed by atoms with Crippen LogP contribution in [0.1, 0.15) is 57.8 Å². The molecule has 0 saturated heterocycles. The van der Waals surface area contributed by atoms with Crippen molar-refractivity contribution in [1.29, 1.82) is 0 Å². The Balaban J connectivity index is 1.89. The third-order valence-electron chi connectivity index (χ3n) is 4.94. The zero-order valence-corrected chi connectivity index (χ0v) is 11.9. The molecule has 4 nitrogen and oxygen atoms in total. The molecule has 2 rings (SSSR count). The van der Waals surface area contributed by atoms with Gasteiger partial charge in [-0.3, -0.25) is 9.59 Å². The second-order valence-electron chi connectivity index (χ2n) is 6.39. The Morgan fingerprint density at radius 2 is 1.74 bits per heavy atom. The normalized spacial score (nSPS) is 22.6. The van der Waals surface area contributed by atoms with Crippen LogP contribution in [0.2, 0.25) is 0 Å². The number of aliphatic carboxylic acids is 1. The minimum Gasteiger partial charge on any atom is -0.481 e. The van der Waals surface area contributed by atoms with E-state index in [4.69, 9.17) is 0 Å². The second kappa shape index (κ2) is 5.93. The molecule has 2 fully saturated rings. The maximum absolute atomic E-state index is 12.3. The molecular formula is C15H25NO3. The average molecular weight is 267 g/mol. The van der Waals surface area contributed by atoms with E-state index in [0.717, 1.165) is 19.4 Å². The van der Waals surface area contributed by atoms with Crippen LogP contribution in [-0.2, 0) is 9.59 Å². The fourth-order valence-corrected chi connectivity index (χ4v) is 3.62. The van der Waals surface area contributed by atoms with E-state index in [-0.39, 0.29) is 12.3 Å². The van der Waals surface area contributed by atoms with Gasteiger partial charge in [0, 0.05) is 20.0 Å². The minimum atomic E-state index is -0.785. The quantitative estimate of drug-likeness (QED) is 0.833. The fraction of sp³-hybridized carbons (Fsp3) is 0.867. The Morgan fingerprint density at radius 1 is 1.16 bits per heavy atom. The molecule has 108 valence electrons. The van der Waals surface area contributed by atoms with Gasteiger partial charge in [-0.15, -0.1) is 0 Å². The maximum atomic E-state index is 12.3. The van der Waals surface area contributed by atoms with Gasteiger partial charge in [-0.05, 0) is 31.6 Å². The largest absolute Gasteiger partial charge is 0.481 e. The Morgan fingerprint density at radius 3 is 2.26 bits per heavy atom. The van der Waals surface area contributed by atoms with Crippen LogP contribution in [0.4, 0.5) is 0 Å². The van der Waals surface area contributed by atoms with Crippen LogP contribution in [0.3, 0.4) is 0 Å². The van der Waals surface area contributed by atoms with Gasteiger partial charge < -0.3 is 10.0 Å². The number of carbonyl (C=O) groups excluding carboxylic acids is 1. The van der Waals surface area contributed by atoms with Gasteiger partial charge in [0.15, 0.2) is 0 Å². The van der Waals surface area contributed by atoms with E-state index in [9.17, 15) is 14.7 Å². The van der Waals surface area contributed by atoms with E-state index >= 15 is 0 Å². The Hall–Kier alpha value is -1.06. The van der Waals surface area contributed by atoms with Gasteiger partial charge in [0.2, 0.25) is 5.91 Å². The summed E-state index contributed by atoms with van der Waals surface area (Å²) in [7, 11) is 1.82. The number of carbonyl (C=O) groups is 2. The first-order valence-corrected chi connectivity index (χ1v) is 7.51. The van der Waals surface area contributed by atoms with Crippen molar-refractivity contribution in [2.24, 2.45) is 11.3 Å². The van der Waals surface area contributed by atoms with E-state index in [2.05, 4.69) is 0 Å². The molecule has 2 aliphatic carbocycles. The zero-order valence-electron chi connectivity index (χ0n) is 11.9. The highest BCUT2D eigenvalue weighted by Gasteiger charge is 2.43. The molecule has 0 bridgehead atoms. The van der Waals surface area contributed by atoms with Crippen LogP contribution < -0.4 is 0 Å². The lowest BCUT2D eigenvalue weighted by atomic mass is 9.82.